The Morgan fingerprint density at radius 3 is 2.65 bits per heavy atom. The van der Waals surface area contributed by atoms with E-state index >= 15 is 0 Å². The van der Waals surface area contributed by atoms with Crippen molar-refractivity contribution in [3.05, 3.63) is 65.5 Å². The van der Waals surface area contributed by atoms with Crippen LogP contribution in [0.25, 0.3) is 11.4 Å². The van der Waals surface area contributed by atoms with E-state index in [1.165, 1.54) is 0 Å². The fraction of sp³-hybridized carbons (Fsp3) is 0.211. The Labute approximate surface area is 153 Å². The Hall–Kier alpha value is -2.80. The van der Waals surface area contributed by atoms with E-state index in [0.717, 1.165) is 11.1 Å². The zero-order valence-electron chi connectivity index (χ0n) is 14.5. The summed E-state index contributed by atoms with van der Waals surface area (Å²) in [4.78, 5) is 17.1. The third kappa shape index (κ3) is 3.88. The van der Waals surface area contributed by atoms with Crippen molar-refractivity contribution in [2.24, 2.45) is 0 Å². The topological polar surface area (TPSA) is 82.3 Å². The maximum absolute atomic E-state index is 12.3. The van der Waals surface area contributed by atoms with Crippen LogP contribution in [0.1, 0.15) is 28.7 Å². The number of hydrogen-bond donors (Lipinski definition) is 0. The molecule has 0 N–H and O–H groups in total. The molecule has 7 heteroatoms. The van der Waals surface area contributed by atoms with Crippen LogP contribution in [0.2, 0.25) is 0 Å². The second kappa shape index (κ2) is 8.05. The molecule has 134 valence electrons. The zero-order chi connectivity index (χ0) is 18.5. The van der Waals surface area contributed by atoms with Gasteiger partial charge in [0.25, 0.3) is 5.89 Å². The van der Waals surface area contributed by atoms with Crippen molar-refractivity contribution in [1.29, 1.82) is 0 Å². The summed E-state index contributed by atoms with van der Waals surface area (Å²) in [7, 11) is -1.25. The summed E-state index contributed by atoms with van der Waals surface area (Å²) in [6.45, 7) is 3.60. The van der Waals surface area contributed by atoms with Crippen LogP contribution >= 0.6 is 0 Å². The van der Waals surface area contributed by atoms with Crippen LogP contribution in [0.4, 0.5) is 0 Å². The largest absolute Gasteiger partial charge is 0.452 e. The van der Waals surface area contributed by atoms with Gasteiger partial charge in [-0.2, -0.15) is 4.98 Å². The Kier molecular flexibility index (Phi) is 5.58. The second-order valence-corrected chi connectivity index (χ2v) is 7.24. The van der Waals surface area contributed by atoms with E-state index in [1.807, 2.05) is 31.2 Å². The fourth-order valence-corrected chi connectivity index (χ4v) is 3.38. The predicted octanol–water partition coefficient (Wildman–Crippen LogP) is 3.53. The molecule has 0 bridgehead atoms. The SMILES string of the molecule is CCS(=O)c1ccccc1C(=O)OCc1nc(-c2ccccc2C)no1. The van der Waals surface area contributed by atoms with E-state index in [9.17, 15) is 9.00 Å². The average Bonchev–Trinajstić information content (AvgIpc) is 3.14. The number of hydrogen-bond acceptors (Lipinski definition) is 6. The second-order valence-electron chi connectivity index (χ2n) is 5.53. The van der Waals surface area contributed by atoms with Crippen LogP contribution in [0.15, 0.2) is 57.9 Å². The molecule has 1 aromatic heterocycles. The van der Waals surface area contributed by atoms with Crippen molar-refractivity contribution in [3.8, 4) is 11.4 Å². The van der Waals surface area contributed by atoms with Crippen molar-refractivity contribution in [2.75, 3.05) is 5.75 Å². The number of benzene rings is 2. The molecule has 0 spiro atoms. The lowest BCUT2D eigenvalue weighted by atomic mass is 10.1. The highest BCUT2D eigenvalue weighted by Gasteiger charge is 2.18. The van der Waals surface area contributed by atoms with Crippen LogP contribution in [0.3, 0.4) is 0 Å². The number of aromatic nitrogens is 2. The van der Waals surface area contributed by atoms with Gasteiger partial charge < -0.3 is 9.26 Å². The summed E-state index contributed by atoms with van der Waals surface area (Å²) in [6, 6.07) is 14.4. The Morgan fingerprint density at radius 1 is 1.15 bits per heavy atom. The molecular weight excluding hydrogens is 352 g/mol. The van der Waals surface area contributed by atoms with Gasteiger partial charge in [-0.05, 0) is 24.6 Å². The third-order valence-corrected chi connectivity index (χ3v) is 5.17. The van der Waals surface area contributed by atoms with E-state index < -0.39 is 16.8 Å². The van der Waals surface area contributed by atoms with Crippen molar-refractivity contribution in [3.63, 3.8) is 0 Å². The highest BCUT2D eigenvalue weighted by molar-refractivity contribution is 7.85. The fourth-order valence-electron chi connectivity index (χ4n) is 2.44. The maximum Gasteiger partial charge on any atom is 0.339 e. The lowest BCUT2D eigenvalue weighted by molar-refractivity contribution is 0.0425. The molecule has 6 nitrogen and oxygen atoms in total. The van der Waals surface area contributed by atoms with Gasteiger partial charge in [0, 0.05) is 11.3 Å². The summed E-state index contributed by atoms with van der Waals surface area (Å²) < 4.78 is 22.5. The minimum atomic E-state index is -1.25. The molecule has 3 aromatic rings. The smallest absolute Gasteiger partial charge is 0.339 e. The molecule has 26 heavy (non-hydrogen) atoms. The van der Waals surface area contributed by atoms with E-state index in [-0.39, 0.29) is 18.1 Å². The normalized spacial score (nSPS) is 11.9. The summed E-state index contributed by atoms with van der Waals surface area (Å²) in [5.74, 6) is 0.499. The highest BCUT2D eigenvalue weighted by atomic mass is 32.2. The quantitative estimate of drug-likeness (QED) is 0.617. The average molecular weight is 370 g/mol. The molecule has 0 fully saturated rings. The van der Waals surface area contributed by atoms with Gasteiger partial charge in [0.2, 0.25) is 5.82 Å². The number of nitrogens with zero attached hydrogens (tertiary/aromatic N) is 2. The first-order valence-electron chi connectivity index (χ1n) is 8.13. The Bertz CT molecular complexity index is 952. The van der Waals surface area contributed by atoms with Crippen LogP contribution in [0.5, 0.6) is 0 Å². The van der Waals surface area contributed by atoms with Crippen molar-refractivity contribution in [1.82, 2.24) is 10.1 Å². The Morgan fingerprint density at radius 2 is 1.88 bits per heavy atom. The van der Waals surface area contributed by atoms with E-state index in [4.69, 9.17) is 9.26 Å². The zero-order valence-corrected chi connectivity index (χ0v) is 15.3. The van der Waals surface area contributed by atoms with Gasteiger partial charge in [-0.15, -0.1) is 0 Å². The minimum Gasteiger partial charge on any atom is -0.452 e. The predicted molar refractivity (Wildman–Crippen MR) is 97.0 cm³/mol. The first-order chi connectivity index (χ1) is 12.6. The molecule has 0 saturated heterocycles. The lowest BCUT2D eigenvalue weighted by Gasteiger charge is -2.07. The van der Waals surface area contributed by atoms with Crippen LogP contribution < -0.4 is 0 Å². The van der Waals surface area contributed by atoms with Crippen molar-refractivity contribution >= 4 is 16.8 Å². The van der Waals surface area contributed by atoms with Gasteiger partial charge in [-0.25, -0.2) is 4.79 Å². The molecule has 1 unspecified atom stereocenters. The number of aryl methyl sites for hydroxylation is 1. The lowest BCUT2D eigenvalue weighted by Crippen LogP contribution is -2.10. The van der Waals surface area contributed by atoms with E-state index in [1.54, 1.807) is 31.2 Å². The van der Waals surface area contributed by atoms with Crippen LogP contribution in [-0.4, -0.2) is 26.1 Å². The molecule has 0 radical (unpaired) electrons. The molecule has 3 rings (SSSR count). The number of rotatable bonds is 6. The van der Waals surface area contributed by atoms with Gasteiger partial charge in [-0.3, -0.25) is 4.21 Å². The summed E-state index contributed by atoms with van der Waals surface area (Å²) >= 11 is 0. The van der Waals surface area contributed by atoms with Crippen molar-refractivity contribution in [2.45, 2.75) is 25.3 Å². The standard InChI is InChI=1S/C19H18N2O4S/c1-3-26(23)16-11-7-6-10-15(16)19(22)24-12-17-20-18(21-25-17)14-9-5-4-8-13(14)2/h4-11H,3,12H2,1-2H3. The van der Waals surface area contributed by atoms with E-state index in [2.05, 4.69) is 10.1 Å². The molecule has 0 amide bonds. The van der Waals surface area contributed by atoms with Gasteiger partial charge in [0.15, 0.2) is 6.61 Å². The van der Waals surface area contributed by atoms with Crippen molar-refractivity contribution < 1.29 is 18.3 Å². The first kappa shape index (κ1) is 18.0. The van der Waals surface area contributed by atoms with Gasteiger partial charge in [0.1, 0.15) is 0 Å². The molecule has 0 saturated carbocycles. The van der Waals surface area contributed by atoms with Gasteiger partial charge in [-0.1, -0.05) is 48.5 Å². The van der Waals surface area contributed by atoms with Gasteiger partial charge in [0.05, 0.1) is 21.3 Å². The molecular formula is C19H18N2O4S. The Balaban J connectivity index is 1.72. The molecule has 0 aliphatic heterocycles. The van der Waals surface area contributed by atoms with E-state index in [0.29, 0.717) is 16.5 Å². The number of ether oxygens (including phenoxy) is 1. The highest BCUT2D eigenvalue weighted by Crippen LogP contribution is 2.20. The monoisotopic (exact) mass is 370 g/mol. The molecule has 0 aliphatic rings. The summed E-state index contributed by atoms with van der Waals surface area (Å²) in [6.07, 6.45) is 0. The molecule has 0 aliphatic carbocycles. The molecule has 2 aromatic carbocycles. The number of esters is 1. The van der Waals surface area contributed by atoms with Crippen LogP contribution in [0, 0.1) is 6.92 Å². The van der Waals surface area contributed by atoms with Crippen LogP contribution in [-0.2, 0) is 22.1 Å². The summed E-state index contributed by atoms with van der Waals surface area (Å²) in [5, 5.41) is 3.93. The minimum absolute atomic E-state index is 0.148. The van der Waals surface area contributed by atoms with Gasteiger partial charge >= 0.3 is 5.97 Å². The number of carbonyl (C=O) groups excluding carboxylic acids is 1. The molecule has 1 heterocycles. The molecule has 1 atom stereocenters. The number of carbonyl (C=O) groups is 1. The third-order valence-electron chi connectivity index (χ3n) is 3.80. The summed E-state index contributed by atoms with van der Waals surface area (Å²) in [5.41, 5.74) is 2.16. The maximum atomic E-state index is 12.3. The first-order valence-corrected chi connectivity index (χ1v) is 9.45.